The lowest BCUT2D eigenvalue weighted by molar-refractivity contribution is -0.714. The van der Waals surface area contributed by atoms with Crippen LogP contribution in [0.15, 0.2) is 24.4 Å². The van der Waals surface area contributed by atoms with Crippen LogP contribution in [0.2, 0.25) is 0 Å². The third-order valence-corrected chi connectivity index (χ3v) is 2.01. The van der Waals surface area contributed by atoms with Crippen LogP contribution in [-0.2, 0) is 11.2 Å². The second-order valence-electron chi connectivity index (χ2n) is 2.95. The van der Waals surface area contributed by atoms with E-state index < -0.39 is 12.0 Å². The number of aromatic nitrogens is 1. The monoisotopic (exact) mass is 318 g/mol. The molecule has 0 saturated heterocycles. The fourth-order valence-electron chi connectivity index (χ4n) is 1.22. The molecule has 0 aliphatic heterocycles. The Morgan fingerprint density at radius 2 is 2.33 bits per heavy atom. The van der Waals surface area contributed by atoms with Crippen molar-refractivity contribution in [2.75, 3.05) is 0 Å². The lowest BCUT2D eigenvalue weighted by Gasteiger charge is -2.04. The van der Waals surface area contributed by atoms with Gasteiger partial charge in [-0.2, -0.15) is 9.83 Å². The van der Waals surface area contributed by atoms with Crippen molar-refractivity contribution in [3.63, 3.8) is 0 Å². The van der Waals surface area contributed by atoms with Gasteiger partial charge in [0.05, 0.1) is 6.07 Å². The van der Waals surface area contributed by atoms with E-state index in [0.717, 1.165) is 0 Å². The first-order chi connectivity index (χ1) is 6.66. The summed E-state index contributed by atoms with van der Waals surface area (Å²) in [6.45, 7) is 1.59. The van der Waals surface area contributed by atoms with E-state index in [1.54, 1.807) is 35.9 Å². The van der Waals surface area contributed by atoms with E-state index in [0.29, 0.717) is 5.69 Å². The smallest absolute Gasteiger partial charge is 0.373 e. The number of nitriles is 1. The Morgan fingerprint density at radius 3 is 2.87 bits per heavy atom. The van der Waals surface area contributed by atoms with E-state index in [9.17, 15) is 4.79 Å². The number of hydrogen-bond donors (Lipinski definition) is 1. The van der Waals surface area contributed by atoms with Crippen molar-refractivity contribution >= 4 is 5.97 Å². The summed E-state index contributed by atoms with van der Waals surface area (Å²) in [7, 11) is 0. The van der Waals surface area contributed by atoms with Crippen LogP contribution in [0.5, 0.6) is 0 Å². The normalized spacial score (nSPS) is 10.9. The molecule has 0 aliphatic rings. The third-order valence-electron chi connectivity index (χ3n) is 2.01. The predicted octanol–water partition coefficient (Wildman–Crippen LogP) is -2.31. The van der Waals surface area contributed by atoms with Crippen molar-refractivity contribution in [3.05, 3.63) is 30.1 Å². The molecule has 1 heterocycles. The maximum atomic E-state index is 10.8. The Hall–Kier alpha value is -1.16. The highest BCUT2D eigenvalue weighted by Gasteiger charge is 2.23. The molecular weight excluding hydrogens is 307 g/mol. The van der Waals surface area contributed by atoms with Gasteiger partial charge in [0, 0.05) is 19.1 Å². The number of carboxylic acids is 1. The Labute approximate surface area is 105 Å². The molecule has 15 heavy (non-hydrogen) atoms. The number of pyridine rings is 1. The fourth-order valence-corrected chi connectivity index (χ4v) is 1.22. The van der Waals surface area contributed by atoms with E-state index in [4.69, 9.17) is 10.4 Å². The standard InChI is InChI=1S/C10H10N2O2.HI/c1-8(10(13)14)12-7-3-2-4-9(12)5-6-11;/h2-4,7-8H,5H2,1H3;1H. The highest BCUT2D eigenvalue weighted by atomic mass is 127. The number of rotatable bonds is 3. The Kier molecular flexibility index (Phi) is 5.86. The number of hydrogen-bond acceptors (Lipinski definition) is 2. The van der Waals surface area contributed by atoms with Crippen molar-refractivity contribution in [3.8, 4) is 6.07 Å². The number of aliphatic carboxylic acids is 1. The molecule has 0 spiro atoms. The summed E-state index contributed by atoms with van der Waals surface area (Å²) in [5.74, 6) is -0.902. The van der Waals surface area contributed by atoms with E-state index in [1.165, 1.54) is 0 Å². The van der Waals surface area contributed by atoms with Gasteiger partial charge in [0.1, 0.15) is 6.42 Å². The summed E-state index contributed by atoms with van der Waals surface area (Å²) < 4.78 is 1.59. The van der Waals surface area contributed by atoms with Crippen LogP contribution in [0, 0.1) is 11.3 Å². The largest absolute Gasteiger partial charge is 1.00 e. The average Bonchev–Trinajstić information content (AvgIpc) is 2.18. The molecule has 5 heteroatoms. The molecule has 1 rings (SSSR count). The molecule has 0 aliphatic carbocycles. The lowest BCUT2D eigenvalue weighted by atomic mass is 10.2. The van der Waals surface area contributed by atoms with Crippen LogP contribution < -0.4 is 28.5 Å². The van der Waals surface area contributed by atoms with Crippen molar-refractivity contribution in [1.82, 2.24) is 0 Å². The first kappa shape index (κ1) is 13.8. The molecule has 80 valence electrons. The molecule has 1 atom stereocenters. The summed E-state index contributed by atoms with van der Waals surface area (Å²) in [5, 5.41) is 17.4. The minimum Gasteiger partial charge on any atom is -1.00 e. The minimum atomic E-state index is -0.902. The molecule has 1 aromatic heterocycles. The van der Waals surface area contributed by atoms with Crippen LogP contribution in [0.3, 0.4) is 0 Å². The molecule has 0 radical (unpaired) electrons. The highest BCUT2D eigenvalue weighted by molar-refractivity contribution is 5.69. The molecule has 0 amide bonds. The number of carboxylic acid groups (broad SMARTS) is 1. The number of nitrogens with zero attached hydrogens (tertiary/aromatic N) is 2. The van der Waals surface area contributed by atoms with Crippen molar-refractivity contribution < 1.29 is 38.4 Å². The topological polar surface area (TPSA) is 65.0 Å². The summed E-state index contributed by atoms with van der Waals surface area (Å²) in [5.41, 5.74) is 0.713. The Bertz CT molecular complexity index is 387. The van der Waals surface area contributed by atoms with Gasteiger partial charge >= 0.3 is 5.97 Å². The van der Waals surface area contributed by atoms with Gasteiger partial charge < -0.3 is 29.1 Å². The fraction of sp³-hybridized carbons (Fsp3) is 0.300. The average molecular weight is 318 g/mol. The first-order valence-corrected chi connectivity index (χ1v) is 4.25. The molecule has 1 aromatic rings. The van der Waals surface area contributed by atoms with Gasteiger partial charge in [-0.15, -0.1) is 0 Å². The summed E-state index contributed by atoms with van der Waals surface area (Å²) in [6.07, 6.45) is 1.89. The summed E-state index contributed by atoms with van der Waals surface area (Å²) in [4.78, 5) is 10.8. The second kappa shape index (κ2) is 6.35. The van der Waals surface area contributed by atoms with Gasteiger partial charge in [0.15, 0.2) is 11.9 Å². The summed E-state index contributed by atoms with van der Waals surface area (Å²) >= 11 is 0. The van der Waals surface area contributed by atoms with Gasteiger partial charge in [-0.05, 0) is 0 Å². The van der Waals surface area contributed by atoms with E-state index >= 15 is 0 Å². The zero-order chi connectivity index (χ0) is 10.6. The SMILES string of the molecule is CC(C(=O)O)[n+]1ccccc1CC#N.[I-]. The van der Waals surface area contributed by atoms with Gasteiger partial charge in [0.2, 0.25) is 0 Å². The van der Waals surface area contributed by atoms with Gasteiger partial charge in [-0.1, -0.05) is 6.07 Å². The Balaban J connectivity index is 0.00000196. The zero-order valence-electron chi connectivity index (χ0n) is 8.22. The highest BCUT2D eigenvalue weighted by Crippen LogP contribution is 1.99. The van der Waals surface area contributed by atoms with Crippen molar-refractivity contribution in [2.45, 2.75) is 19.4 Å². The van der Waals surface area contributed by atoms with Crippen LogP contribution in [-0.4, -0.2) is 11.1 Å². The third kappa shape index (κ3) is 3.47. The maximum absolute atomic E-state index is 10.8. The Morgan fingerprint density at radius 1 is 1.67 bits per heavy atom. The second-order valence-corrected chi connectivity index (χ2v) is 2.95. The molecule has 0 bridgehead atoms. The molecular formula is C10H11IN2O2. The maximum Gasteiger partial charge on any atom is 0.373 e. The zero-order valence-corrected chi connectivity index (χ0v) is 10.4. The molecule has 1 N–H and O–H groups in total. The van der Waals surface area contributed by atoms with E-state index in [1.807, 2.05) is 6.07 Å². The number of halogens is 1. The van der Waals surface area contributed by atoms with Gasteiger partial charge in [-0.3, -0.25) is 0 Å². The minimum absolute atomic E-state index is 0. The molecule has 0 saturated carbocycles. The van der Waals surface area contributed by atoms with Crippen molar-refractivity contribution in [1.29, 1.82) is 5.26 Å². The number of carbonyl (C=O) groups is 1. The quantitative estimate of drug-likeness (QED) is 0.503. The predicted molar refractivity (Wildman–Crippen MR) is 48.3 cm³/mol. The van der Waals surface area contributed by atoms with Gasteiger partial charge in [0.25, 0.3) is 6.04 Å². The summed E-state index contributed by atoms with van der Waals surface area (Å²) in [6, 6.07) is 6.66. The van der Waals surface area contributed by atoms with Crippen molar-refractivity contribution in [2.24, 2.45) is 0 Å². The van der Waals surface area contributed by atoms with Crippen LogP contribution in [0.25, 0.3) is 0 Å². The lowest BCUT2D eigenvalue weighted by Crippen LogP contribution is -3.00. The van der Waals surface area contributed by atoms with Crippen LogP contribution in [0.1, 0.15) is 18.7 Å². The molecule has 0 aromatic carbocycles. The molecule has 4 nitrogen and oxygen atoms in total. The van der Waals surface area contributed by atoms with Crippen LogP contribution >= 0.6 is 0 Å². The molecule has 1 unspecified atom stereocenters. The van der Waals surface area contributed by atoms with Crippen LogP contribution in [0.4, 0.5) is 0 Å². The molecule has 0 fully saturated rings. The van der Waals surface area contributed by atoms with E-state index in [2.05, 4.69) is 0 Å². The van der Waals surface area contributed by atoms with E-state index in [-0.39, 0.29) is 30.4 Å². The van der Waals surface area contributed by atoms with Gasteiger partial charge in [-0.25, -0.2) is 4.79 Å². The first-order valence-electron chi connectivity index (χ1n) is 4.25.